The number of Topliss-reactive ketones (excluding diaryl/α,β-unsaturated/α-hetero) is 3. The second-order valence-electron chi connectivity index (χ2n) is 22.3. The number of fused-ring (bicyclic) bond motifs is 2. The lowest BCUT2D eigenvalue weighted by molar-refractivity contribution is -0.141. The number of amides is 5. The van der Waals surface area contributed by atoms with Gasteiger partial charge in [0.05, 0.1) is 24.2 Å². The van der Waals surface area contributed by atoms with Gasteiger partial charge in [-0.3, -0.25) is 38.4 Å². The number of ketones is 3. The summed E-state index contributed by atoms with van der Waals surface area (Å²) in [5, 5.41) is 14.8. The highest BCUT2D eigenvalue weighted by atomic mass is 16.2. The predicted octanol–water partition coefficient (Wildman–Crippen LogP) is 7.46. The molecule has 5 amide bonds. The van der Waals surface area contributed by atoms with Gasteiger partial charge < -0.3 is 36.4 Å². The molecule has 0 spiro atoms. The number of likely N-dealkylation sites (tertiary alicyclic amines) is 2. The first-order valence-electron chi connectivity index (χ1n) is 29.3. The van der Waals surface area contributed by atoms with Crippen LogP contribution in [0, 0.1) is 0 Å². The van der Waals surface area contributed by atoms with Gasteiger partial charge in [0.2, 0.25) is 29.5 Å². The molecule has 2 aliphatic carbocycles. The molecule has 2 aliphatic heterocycles. The van der Waals surface area contributed by atoms with Crippen LogP contribution in [0.5, 0.6) is 0 Å². The maximum absolute atomic E-state index is 14.1. The number of carbonyl (C=O) groups excluding carboxylic acids is 8. The predicted molar refractivity (Wildman–Crippen MR) is 297 cm³/mol. The van der Waals surface area contributed by atoms with Crippen molar-refractivity contribution >= 4 is 46.9 Å². The molecule has 2 aromatic carbocycles. The average molecular weight is 1050 g/mol. The highest BCUT2D eigenvalue weighted by molar-refractivity contribution is 5.95. The van der Waals surface area contributed by atoms with Crippen LogP contribution in [0.25, 0.3) is 0 Å². The fourth-order valence-corrected chi connectivity index (χ4v) is 12.1. The zero-order valence-electron chi connectivity index (χ0n) is 46.4. The van der Waals surface area contributed by atoms with E-state index in [2.05, 4.69) is 63.0 Å². The van der Waals surface area contributed by atoms with Crippen LogP contribution in [0.3, 0.4) is 0 Å². The maximum atomic E-state index is 14.1. The monoisotopic (exact) mass is 1050 g/mol. The molecule has 5 N–H and O–H groups in total. The Kier molecular flexibility index (Phi) is 24.6. The minimum absolute atomic E-state index is 0.0335. The highest BCUT2D eigenvalue weighted by Crippen LogP contribution is 2.37. The molecular formula is C61H91N7O8. The summed E-state index contributed by atoms with van der Waals surface area (Å²) in [6, 6.07) is 13.3. The Morgan fingerprint density at radius 3 is 1.43 bits per heavy atom. The van der Waals surface area contributed by atoms with Gasteiger partial charge in [0.25, 0.3) is 0 Å². The lowest BCUT2D eigenvalue weighted by Gasteiger charge is -2.31. The molecule has 15 nitrogen and oxygen atoms in total. The summed E-state index contributed by atoms with van der Waals surface area (Å²) in [6.07, 6.45) is 18.5. The summed E-state index contributed by atoms with van der Waals surface area (Å²) in [5.74, 6) is -0.228. The normalized spacial score (nSPS) is 20.6. The molecule has 2 heterocycles. The zero-order valence-corrected chi connectivity index (χ0v) is 46.4. The quantitative estimate of drug-likeness (QED) is 0.0458. The van der Waals surface area contributed by atoms with Crippen molar-refractivity contribution in [3.05, 3.63) is 70.8 Å². The molecule has 6 rings (SSSR count). The van der Waals surface area contributed by atoms with Crippen molar-refractivity contribution in [2.24, 2.45) is 0 Å². The van der Waals surface area contributed by atoms with Crippen LogP contribution in [-0.4, -0.2) is 127 Å². The van der Waals surface area contributed by atoms with Crippen molar-refractivity contribution in [1.29, 1.82) is 0 Å². The van der Waals surface area contributed by atoms with Crippen molar-refractivity contribution in [2.45, 2.75) is 229 Å². The molecule has 0 aromatic heterocycles. The van der Waals surface area contributed by atoms with Gasteiger partial charge in [0.1, 0.15) is 17.9 Å². The number of aryl methyl sites for hydroxylation is 2. The summed E-state index contributed by atoms with van der Waals surface area (Å²) in [4.78, 5) is 111. The topological polar surface area (TPSA) is 203 Å². The molecule has 0 saturated carbocycles. The Morgan fingerprint density at radius 1 is 0.526 bits per heavy atom. The van der Waals surface area contributed by atoms with Crippen molar-refractivity contribution in [1.82, 2.24) is 36.4 Å². The number of unbranched alkanes of at least 4 members (excludes halogenated alkanes) is 6. The number of likely N-dealkylation sites (N-methyl/N-ethyl adjacent to an activating group) is 2. The number of nitrogens with zero attached hydrogens (tertiary/aromatic N) is 2. The van der Waals surface area contributed by atoms with E-state index in [1.165, 1.54) is 22.3 Å². The molecule has 8 atom stereocenters. The van der Waals surface area contributed by atoms with Crippen LogP contribution in [0.4, 0.5) is 0 Å². The highest BCUT2D eigenvalue weighted by Gasteiger charge is 2.40. The van der Waals surface area contributed by atoms with E-state index in [1.54, 1.807) is 37.7 Å². The van der Waals surface area contributed by atoms with Gasteiger partial charge in [0.15, 0.2) is 11.6 Å². The van der Waals surface area contributed by atoms with Gasteiger partial charge in [-0.25, -0.2) is 0 Å². The molecule has 15 heteroatoms. The molecule has 2 saturated heterocycles. The first-order chi connectivity index (χ1) is 36.8. The zero-order chi connectivity index (χ0) is 54.4. The summed E-state index contributed by atoms with van der Waals surface area (Å²) < 4.78 is 0. The maximum Gasteiger partial charge on any atom is 0.245 e. The molecule has 0 unspecified atom stereocenters. The number of hydrogen-bond donors (Lipinski definition) is 5. The van der Waals surface area contributed by atoms with Gasteiger partial charge in [-0.1, -0.05) is 74.2 Å². The lowest BCUT2D eigenvalue weighted by atomic mass is 9.79. The van der Waals surface area contributed by atoms with Gasteiger partial charge in [-0.05, 0) is 171 Å². The Hall–Kier alpha value is -5.28. The molecule has 4 aliphatic rings. The molecule has 418 valence electrons. The third-order valence-corrected chi connectivity index (χ3v) is 16.9. The van der Waals surface area contributed by atoms with Gasteiger partial charge in [-0.2, -0.15) is 0 Å². The SMILES string of the molecule is CN[C@@H](C)C(=O)N[C@@H](CCCCCC(=O)CCCCCCC(=O)NCCCC[C@H](NC(=O)[C@H](C)NC)C(=O)N1CCC[C@H]1C(=O)C[C@@H]1CCCc2ccccc21)C(=O)N1CCC[C@H]1C(=O)C[C@@H]1CCCc2ccccc21. The van der Waals surface area contributed by atoms with Crippen LogP contribution in [0.2, 0.25) is 0 Å². The van der Waals surface area contributed by atoms with E-state index in [1.807, 2.05) is 12.1 Å². The van der Waals surface area contributed by atoms with Crippen molar-refractivity contribution in [2.75, 3.05) is 33.7 Å². The fourth-order valence-electron chi connectivity index (χ4n) is 12.1. The molecule has 2 fully saturated rings. The second kappa shape index (κ2) is 31.2. The fraction of sp³-hybridized carbons (Fsp3) is 0.672. The standard InChI is InChI=1S/C61H91N7O8/c1-42(62-3)58(73)65-51(60(75)67-38-20-34-53(67)55(70)40-46-26-18-24-44-22-12-14-30-49(44)46)32-10-7-9-29-48(69)28-8-5-6-11-36-57(72)64-37-17-16-33-52(66-59(74)43(2)63-4)61(76)68-39-21-35-54(68)56(71)41-47-27-19-25-45-23-13-15-31-50(45)47/h12-15,22-23,30-31,42-43,46-47,51-54,62-63H,5-11,16-21,24-29,32-41H2,1-4H3,(H,64,72)(H,65,73)(H,66,74)/t42-,43-,46-,47-,51-,52-,53-,54-/m0/s1. The third-order valence-electron chi connectivity index (χ3n) is 16.9. The van der Waals surface area contributed by atoms with E-state index in [0.29, 0.717) is 103 Å². The van der Waals surface area contributed by atoms with Gasteiger partial charge >= 0.3 is 0 Å². The van der Waals surface area contributed by atoms with Crippen molar-refractivity contribution in [3.8, 4) is 0 Å². The number of rotatable bonds is 32. The minimum Gasteiger partial charge on any atom is -0.356 e. The number of benzene rings is 2. The smallest absolute Gasteiger partial charge is 0.245 e. The van der Waals surface area contributed by atoms with Crippen molar-refractivity contribution < 1.29 is 38.4 Å². The first kappa shape index (κ1) is 60.0. The third kappa shape index (κ3) is 17.6. The van der Waals surface area contributed by atoms with Crippen molar-refractivity contribution in [3.63, 3.8) is 0 Å². The van der Waals surface area contributed by atoms with Gasteiger partial charge in [-0.15, -0.1) is 0 Å². The summed E-state index contributed by atoms with van der Waals surface area (Å²) in [6.45, 7) is 4.95. The number of hydrogen-bond acceptors (Lipinski definition) is 10. The Bertz CT molecular complexity index is 2110. The van der Waals surface area contributed by atoms with E-state index < -0.39 is 36.3 Å². The summed E-state index contributed by atoms with van der Waals surface area (Å²) in [5.41, 5.74) is 5.14. The van der Waals surface area contributed by atoms with E-state index in [0.717, 1.165) is 83.5 Å². The van der Waals surface area contributed by atoms with E-state index in [4.69, 9.17) is 0 Å². The molecule has 2 aromatic rings. The van der Waals surface area contributed by atoms with Gasteiger partial charge in [0, 0.05) is 51.7 Å². The minimum atomic E-state index is -0.763. The summed E-state index contributed by atoms with van der Waals surface area (Å²) >= 11 is 0. The molecule has 76 heavy (non-hydrogen) atoms. The summed E-state index contributed by atoms with van der Waals surface area (Å²) in [7, 11) is 3.40. The largest absolute Gasteiger partial charge is 0.356 e. The van der Waals surface area contributed by atoms with E-state index in [9.17, 15) is 38.4 Å². The van der Waals surface area contributed by atoms with E-state index >= 15 is 0 Å². The Balaban J connectivity index is 0.839. The lowest BCUT2D eigenvalue weighted by Crippen LogP contribution is -2.54. The van der Waals surface area contributed by atoms with Crippen LogP contribution in [0.1, 0.15) is 202 Å². The van der Waals surface area contributed by atoms with Crippen LogP contribution in [-0.2, 0) is 51.2 Å². The van der Waals surface area contributed by atoms with Crippen LogP contribution < -0.4 is 26.6 Å². The van der Waals surface area contributed by atoms with Crippen LogP contribution >= 0.6 is 0 Å². The van der Waals surface area contributed by atoms with E-state index in [-0.39, 0.29) is 58.7 Å². The Labute approximate surface area is 453 Å². The van der Waals surface area contributed by atoms with Crippen LogP contribution in [0.15, 0.2) is 48.5 Å². The molecular weight excluding hydrogens is 959 g/mol. The number of nitrogens with one attached hydrogen (secondary N) is 5. The average Bonchev–Trinajstić information content (AvgIpc) is 4.14. The first-order valence-corrected chi connectivity index (χ1v) is 29.3. The number of carbonyl (C=O) groups is 8. The molecule has 0 radical (unpaired) electrons. The Morgan fingerprint density at radius 2 is 0.961 bits per heavy atom. The second-order valence-corrected chi connectivity index (χ2v) is 22.3. The molecule has 0 bridgehead atoms.